The second kappa shape index (κ2) is 14.7. The topological polar surface area (TPSA) is 223 Å². The number of nitrogens with zero attached hydrogens (tertiary/aromatic N) is 4. The van der Waals surface area contributed by atoms with E-state index in [-0.39, 0.29) is 67.6 Å². The third-order valence-electron chi connectivity index (χ3n) is 9.19. The second-order valence-electron chi connectivity index (χ2n) is 12.8. The van der Waals surface area contributed by atoms with Crippen molar-refractivity contribution >= 4 is 58.3 Å². The number of hydrogen-bond donors (Lipinski definition) is 0. The van der Waals surface area contributed by atoms with Gasteiger partial charge in [0.25, 0.3) is 35.0 Å². The van der Waals surface area contributed by atoms with E-state index < -0.39 is 45.4 Å². The molecule has 6 aromatic carbocycles. The number of anilines is 2. The summed E-state index contributed by atoms with van der Waals surface area (Å²) in [5.41, 5.74) is 0.151. The van der Waals surface area contributed by atoms with E-state index in [1.807, 2.05) is 0 Å². The Morgan fingerprint density at radius 3 is 1.08 bits per heavy atom. The van der Waals surface area contributed by atoms with Crippen LogP contribution < -0.4 is 24.0 Å². The molecule has 17 nitrogen and oxygen atoms in total. The van der Waals surface area contributed by atoms with Gasteiger partial charge in [0.05, 0.1) is 54.6 Å². The predicted molar refractivity (Wildman–Crippen MR) is 204 cm³/mol. The summed E-state index contributed by atoms with van der Waals surface area (Å²) in [6.45, 7) is 0. The Balaban J connectivity index is 0.904. The summed E-state index contributed by atoms with van der Waals surface area (Å²) in [6.07, 6.45) is 0. The summed E-state index contributed by atoms with van der Waals surface area (Å²) in [4.78, 5) is 101. The number of nitro benzene ring substituents is 2. The van der Waals surface area contributed by atoms with Crippen LogP contribution in [-0.4, -0.2) is 45.4 Å². The van der Waals surface area contributed by atoms with E-state index in [0.29, 0.717) is 11.5 Å². The number of carbonyl (C=O) groups excluding carboxylic acids is 6. The van der Waals surface area contributed by atoms with Crippen LogP contribution in [0, 0.1) is 20.2 Å². The highest BCUT2D eigenvalue weighted by atomic mass is 16.6. The molecule has 0 aliphatic carbocycles. The van der Waals surface area contributed by atoms with Crippen LogP contribution in [0.15, 0.2) is 133 Å². The Morgan fingerprint density at radius 1 is 0.424 bits per heavy atom. The van der Waals surface area contributed by atoms with Crippen LogP contribution in [-0.2, 0) is 0 Å². The van der Waals surface area contributed by atoms with Crippen molar-refractivity contribution in [1.82, 2.24) is 0 Å². The summed E-state index contributed by atoms with van der Waals surface area (Å²) in [6, 6.07) is 29.6. The van der Waals surface area contributed by atoms with Crippen LogP contribution in [0.25, 0.3) is 0 Å². The van der Waals surface area contributed by atoms with E-state index >= 15 is 0 Å². The largest absolute Gasteiger partial charge is 0.457 e. The zero-order valence-corrected chi connectivity index (χ0v) is 29.8. The molecule has 2 aliphatic rings. The maximum Gasteiger partial charge on any atom is 0.343 e. The van der Waals surface area contributed by atoms with Crippen LogP contribution in [0.4, 0.5) is 22.7 Å². The normalized spacial score (nSPS) is 12.9. The average molecular weight is 791 g/mol. The fraction of sp³-hybridized carbons (Fsp3) is 0. The molecule has 2 heterocycles. The van der Waals surface area contributed by atoms with Gasteiger partial charge in [-0.2, -0.15) is 0 Å². The number of imide groups is 2. The van der Waals surface area contributed by atoms with Gasteiger partial charge in [0.2, 0.25) is 0 Å². The van der Waals surface area contributed by atoms with E-state index in [4.69, 9.17) is 14.2 Å². The minimum atomic E-state index is -0.837. The number of rotatable bonds is 10. The van der Waals surface area contributed by atoms with Crippen LogP contribution >= 0.6 is 0 Å². The van der Waals surface area contributed by atoms with Gasteiger partial charge in [0, 0.05) is 24.3 Å². The van der Waals surface area contributed by atoms with Crippen molar-refractivity contribution in [2.75, 3.05) is 9.80 Å². The zero-order chi connectivity index (χ0) is 41.5. The molecule has 17 heteroatoms. The van der Waals surface area contributed by atoms with Crippen LogP contribution in [0.1, 0.15) is 62.1 Å². The number of esters is 2. The summed E-state index contributed by atoms with van der Waals surface area (Å²) in [5.74, 6) is -3.51. The highest BCUT2D eigenvalue weighted by molar-refractivity contribution is 6.35. The molecule has 0 atom stereocenters. The lowest BCUT2D eigenvalue weighted by Gasteiger charge is -2.16. The molecule has 8 rings (SSSR count). The van der Waals surface area contributed by atoms with E-state index in [9.17, 15) is 49.0 Å². The van der Waals surface area contributed by atoms with Gasteiger partial charge in [-0.3, -0.25) is 39.4 Å². The minimum absolute atomic E-state index is 0.0163. The molecule has 0 saturated carbocycles. The number of non-ortho nitro benzene ring substituents is 2. The Bertz CT molecular complexity index is 2610. The van der Waals surface area contributed by atoms with E-state index in [2.05, 4.69) is 0 Å². The summed E-state index contributed by atoms with van der Waals surface area (Å²) < 4.78 is 16.5. The second-order valence-corrected chi connectivity index (χ2v) is 12.8. The number of nitro groups is 2. The molecular weight excluding hydrogens is 768 g/mol. The molecule has 2 aliphatic heterocycles. The first-order valence-corrected chi connectivity index (χ1v) is 17.2. The molecule has 0 bridgehead atoms. The van der Waals surface area contributed by atoms with Crippen molar-refractivity contribution in [3.63, 3.8) is 0 Å². The summed E-state index contributed by atoms with van der Waals surface area (Å²) in [5, 5.41) is 21.8. The standard InChI is InChI=1S/C42H22N4O13/c47-37-33-19-1-23(41(51)58-31-15-7-27(8-16-31)45(53)54)21-35(33)39(49)43(37)25-3-11-29(12-4-25)57-30-13-5-26(6-14-30)44-38(48)34-20-2-24(22-36(34)40(44)50)42(52)59-32-17-9-28(10-18-32)46(55)56/h1-22H. The first kappa shape index (κ1) is 37.1. The minimum Gasteiger partial charge on any atom is -0.457 e. The van der Waals surface area contributed by atoms with Crippen molar-refractivity contribution < 1.29 is 52.8 Å². The molecule has 4 amide bonds. The molecule has 0 radical (unpaired) electrons. The first-order valence-electron chi connectivity index (χ1n) is 17.2. The fourth-order valence-corrected chi connectivity index (χ4v) is 6.27. The highest BCUT2D eigenvalue weighted by Gasteiger charge is 2.39. The van der Waals surface area contributed by atoms with Gasteiger partial charge >= 0.3 is 11.9 Å². The molecule has 0 fully saturated rings. The molecule has 59 heavy (non-hydrogen) atoms. The molecule has 288 valence electrons. The molecule has 0 saturated heterocycles. The third-order valence-corrected chi connectivity index (χ3v) is 9.19. The Kier molecular flexibility index (Phi) is 9.21. The lowest BCUT2D eigenvalue weighted by Crippen LogP contribution is -2.29. The van der Waals surface area contributed by atoms with Crippen molar-refractivity contribution in [3.8, 4) is 23.0 Å². The van der Waals surface area contributed by atoms with Gasteiger partial charge in [-0.25, -0.2) is 19.4 Å². The molecule has 0 spiro atoms. The molecule has 0 unspecified atom stereocenters. The number of ether oxygens (including phenoxy) is 3. The number of benzene rings is 6. The quantitative estimate of drug-likeness (QED) is 0.0436. The predicted octanol–water partition coefficient (Wildman–Crippen LogP) is 7.33. The SMILES string of the molecule is O=C(Oc1ccc([N+](=O)[O-])cc1)c1ccc2c(c1)C(=O)N(c1ccc(Oc3ccc(N4C(=O)c5ccc(C(=O)Oc6ccc([N+](=O)[O-])cc6)cc5C4=O)cc3)cc1)C2=O. The van der Waals surface area contributed by atoms with Crippen LogP contribution in [0.3, 0.4) is 0 Å². The van der Waals surface area contributed by atoms with Crippen molar-refractivity contribution in [2.45, 2.75) is 0 Å². The van der Waals surface area contributed by atoms with Crippen LogP contribution in [0.5, 0.6) is 23.0 Å². The number of amides is 4. The number of carbonyl (C=O) groups is 6. The third kappa shape index (κ3) is 6.97. The van der Waals surface area contributed by atoms with E-state index in [1.54, 1.807) is 0 Å². The van der Waals surface area contributed by atoms with Gasteiger partial charge in [-0.05, 0) is 109 Å². The Morgan fingerprint density at radius 2 is 0.746 bits per heavy atom. The maximum atomic E-state index is 13.4. The Hall–Kier alpha value is -8.86. The van der Waals surface area contributed by atoms with Gasteiger partial charge in [0.1, 0.15) is 23.0 Å². The summed E-state index contributed by atoms with van der Waals surface area (Å²) >= 11 is 0. The Labute approximate surface area is 330 Å². The molecule has 6 aromatic rings. The molecule has 0 aromatic heterocycles. The highest BCUT2D eigenvalue weighted by Crippen LogP contribution is 2.34. The van der Waals surface area contributed by atoms with Crippen LogP contribution in [0.2, 0.25) is 0 Å². The van der Waals surface area contributed by atoms with Crippen molar-refractivity contribution in [3.05, 3.63) is 187 Å². The average Bonchev–Trinajstić information content (AvgIpc) is 3.64. The lowest BCUT2D eigenvalue weighted by atomic mass is 10.1. The molecular formula is C42H22N4O13. The van der Waals surface area contributed by atoms with E-state index in [1.165, 1.54) is 133 Å². The van der Waals surface area contributed by atoms with E-state index in [0.717, 1.165) is 9.80 Å². The van der Waals surface area contributed by atoms with Crippen molar-refractivity contribution in [1.29, 1.82) is 0 Å². The zero-order valence-electron chi connectivity index (χ0n) is 29.8. The van der Waals surface area contributed by atoms with Gasteiger partial charge < -0.3 is 14.2 Å². The lowest BCUT2D eigenvalue weighted by molar-refractivity contribution is -0.385. The number of fused-ring (bicyclic) bond motifs is 2. The monoisotopic (exact) mass is 790 g/mol. The molecule has 0 N–H and O–H groups in total. The van der Waals surface area contributed by atoms with Gasteiger partial charge in [-0.15, -0.1) is 0 Å². The first-order chi connectivity index (χ1) is 28.4. The smallest absolute Gasteiger partial charge is 0.343 e. The van der Waals surface area contributed by atoms with Crippen molar-refractivity contribution in [2.24, 2.45) is 0 Å². The number of hydrogen-bond acceptors (Lipinski definition) is 13. The summed E-state index contributed by atoms with van der Waals surface area (Å²) in [7, 11) is 0. The maximum absolute atomic E-state index is 13.4. The fourth-order valence-electron chi connectivity index (χ4n) is 6.27. The van der Waals surface area contributed by atoms with Gasteiger partial charge in [0.15, 0.2) is 0 Å². The van der Waals surface area contributed by atoms with Gasteiger partial charge in [-0.1, -0.05) is 0 Å².